The molecule has 0 aliphatic carbocycles. The van der Waals surface area contributed by atoms with Crippen LogP contribution in [0.25, 0.3) is 22.2 Å². The van der Waals surface area contributed by atoms with Crippen LogP contribution in [-0.4, -0.2) is 39.7 Å². The van der Waals surface area contributed by atoms with E-state index in [1.165, 1.54) is 22.3 Å². The maximum Gasteiger partial charge on any atom is 0.410 e. The number of hydrogen-bond acceptors (Lipinski definition) is 4. The first-order chi connectivity index (χ1) is 15.3. The highest BCUT2D eigenvalue weighted by Gasteiger charge is 2.35. The van der Waals surface area contributed by atoms with Crippen LogP contribution >= 0.6 is 0 Å². The molecule has 6 nitrogen and oxygen atoms in total. The van der Waals surface area contributed by atoms with Gasteiger partial charge in [-0.3, -0.25) is 0 Å². The second-order valence-corrected chi connectivity index (χ2v) is 10.1. The zero-order valence-electron chi connectivity index (χ0n) is 19.4. The van der Waals surface area contributed by atoms with E-state index in [4.69, 9.17) is 4.74 Å². The molecule has 4 heterocycles. The Morgan fingerprint density at radius 3 is 2.88 bits per heavy atom. The van der Waals surface area contributed by atoms with E-state index in [0.29, 0.717) is 0 Å². The fourth-order valence-electron chi connectivity index (χ4n) is 5.04. The van der Waals surface area contributed by atoms with Gasteiger partial charge in [0.15, 0.2) is 0 Å². The largest absolute Gasteiger partial charge is 0.444 e. The lowest BCUT2D eigenvalue weighted by atomic mass is 9.87. The number of H-pyrrole nitrogens is 1. The van der Waals surface area contributed by atoms with E-state index < -0.39 is 5.60 Å². The number of nitrogens with one attached hydrogen (secondary N) is 2. The number of fused-ring (bicyclic) bond motifs is 2. The molecule has 2 N–H and O–H groups in total. The quantitative estimate of drug-likeness (QED) is 0.580. The van der Waals surface area contributed by atoms with Gasteiger partial charge in [0.1, 0.15) is 11.2 Å². The molecule has 3 aromatic rings. The highest BCUT2D eigenvalue weighted by molar-refractivity contribution is 5.84. The van der Waals surface area contributed by atoms with Gasteiger partial charge < -0.3 is 19.9 Å². The van der Waals surface area contributed by atoms with Crippen molar-refractivity contribution in [3.05, 3.63) is 52.8 Å². The van der Waals surface area contributed by atoms with Gasteiger partial charge in [-0.25, -0.2) is 9.78 Å². The maximum absolute atomic E-state index is 13.0. The second kappa shape index (κ2) is 7.93. The van der Waals surface area contributed by atoms with Crippen LogP contribution in [0.4, 0.5) is 4.79 Å². The summed E-state index contributed by atoms with van der Waals surface area (Å²) < 4.78 is 5.75. The summed E-state index contributed by atoms with van der Waals surface area (Å²) in [6, 6.07) is 6.86. The van der Waals surface area contributed by atoms with Crippen LogP contribution < -0.4 is 5.32 Å². The molecule has 1 amide bonds. The van der Waals surface area contributed by atoms with Gasteiger partial charge in [-0.05, 0) is 99.5 Å². The molecule has 1 atom stereocenters. The average Bonchev–Trinajstić information content (AvgIpc) is 3.39. The second-order valence-electron chi connectivity index (χ2n) is 10.1. The molecule has 0 unspecified atom stereocenters. The lowest BCUT2D eigenvalue weighted by Crippen LogP contribution is -2.37. The van der Waals surface area contributed by atoms with E-state index in [-0.39, 0.29) is 12.1 Å². The van der Waals surface area contributed by atoms with Crippen molar-refractivity contribution >= 4 is 17.1 Å². The molecule has 2 aliphatic rings. The molecule has 0 spiro atoms. The van der Waals surface area contributed by atoms with E-state index in [2.05, 4.69) is 40.4 Å². The highest BCUT2D eigenvalue weighted by atomic mass is 16.6. The number of aromatic amines is 1. The first-order valence-corrected chi connectivity index (χ1v) is 11.6. The highest BCUT2D eigenvalue weighted by Crippen LogP contribution is 2.39. The molecule has 168 valence electrons. The summed E-state index contributed by atoms with van der Waals surface area (Å²) in [5, 5.41) is 4.66. The maximum atomic E-state index is 13.0. The number of amides is 1. The minimum absolute atomic E-state index is 0.0577. The van der Waals surface area contributed by atoms with Gasteiger partial charge in [0.25, 0.3) is 0 Å². The SMILES string of the molecule is Cc1c[nH]c2ncc(-c3cc4c(c([C@@H]5CCCN5C(=O)OC(C)(C)C)c3)CCNC4)cc12. The third-order valence-corrected chi connectivity index (χ3v) is 6.56. The van der Waals surface area contributed by atoms with Crippen LogP contribution in [0.5, 0.6) is 0 Å². The Morgan fingerprint density at radius 1 is 1.22 bits per heavy atom. The Hall–Kier alpha value is -2.86. The molecule has 5 rings (SSSR count). The van der Waals surface area contributed by atoms with Crippen LogP contribution in [0.15, 0.2) is 30.6 Å². The van der Waals surface area contributed by atoms with Gasteiger partial charge in [-0.2, -0.15) is 0 Å². The zero-order valence-corrected chi connectivity index (χ0v) is 19.4. The van der Waals surface area contributed by atoms with Gasteiger partial charge in [0, 0.05) is 36.4 Å². The summed E-state index contributed by atoms with van der Waals surface area (Å²) >= 11 is 0. The van der Waals surface area contributed by atoms with Crippen molar-refractivity contribution in [3.63, 3.8) is 0 Å². The van der Waals surface area contributed by atoms with Gasteiger partial charge >= 0.3 is 6.09 Å². The van der Waals surface area contributed by atoms with Gasteiger partial charge in [-0.1, -0.05) is 0 Å². The topological polar surface area (TPSA) is 70.2 Å². The Balaban J connectivity index is 1.58. The number of pyridine rings is 1. The molecule has 0 bridgehead atoms. The molecule has 0 radical (unpaired) electrons. The Morgan fingerprint density at radius 2 is 2.06 bits per heavy atom. The predicted molar refractivity (Wildman–Crippen MR) is 127 cm³/mol. The first kappa shape index (κ1) is 21.0. The normalized spacial score (nSPS) is 18.8. The standard InChI is InChI=1S/C26H32N4O2/c1-16-13-28-24-21(16)12-18(15-29-24)17-10-19-14-27-8-7-20(19)22(11-17)23-6-5-9-30(23)25(31)32-26(2,3)4/h10-13,15,23,27H,5-9,14H2,1-4H3,(H,28,29)/t23-/m0/s1. The number of carbonyl (C=O) groups excluding carboxylic acids is 1. The number of aromatic nitrogens is 2. The summed E-state index contributed by atoms with van der Waals surface area (Å²) in [6.45, 7) is 10.4. The van der Waals surface area contributed by atoms with Crippen molar-refractivity contribution in [2.24, 2.45) is 0 Å². The van der Waals surface area contributed by atoms with Crippen molar-refractivity contribution < 1.29 is 9.53 Å². The summed E-state index contributed by atoms with van der Waals surface area (Å²) in [7, 11) is 0. The van der Waals surface area contributed by atoms with Crippen LogP contribution in [0.2, 0.25) is 0 Å². The fraction of sp³-hybridized carbons (Fsp3) is 0.462. The molecule has 6 heteroatoms. The Kier molecular flexibility index (Phi) is 5.20. The smallest absolute Gasteiger partial charge is 0.410 e. The number of carbonyl (C=O) groups is 1. The van der Waals surface area contributed by atoms with E-state index in [9.17, 15) is 4.79 Å². The van der Waals surface area contributed by atoms with Gasteiger partial charge in [0.2, 0.25) is 0 Å². The van der Waals surface area contributed by atoms with Crippen LogP contribution in [0, 0.1) is 6.92 Å². The Bertz CT molecular complexity index is 1170. The summed E-state index contributed by atoms with van der Waals surface area (Å²) in [6.07, 6.45) is 6.69. The van der Waals surface area contributed by atoms with Crippen LogP contribution in [0.1, 0.15) is 61.9 Å². The molecule has 2 aromatic heterocycles. The number of rotatable bonds is 2. The lowest BCUT2D eigenvalue weighted by Gasteiger charge is -2.32. The molecular formula is C26H32N4O2. The van der Waals surface area contributed by atoms with E-state index >= 15 is 0 Å². The number of likely N-dealkylation sites (tertiary alicyclic amines) is 1. The molecule has 0 saturated carbocycles. The van der Waals surface area contributed by atoms with E-state index in [1.54, 1.807) is 0 Å². The first-order valence-electron chi connectivity index (χ1n) is 11.6. The van der Waals surface area contributed by atoms with Crippen molar-refractivity contribution in [2.75, 3.05) is 13.1 Å². The number of aryl methyl sites for hydroxylation is 1. The molecular weight excluding hydrogens is 400 g/mol. The number of benzene rings is 1. The lowest BCUT2D eigenvalue weighted by molar-refractivity contribution is 0.0224. The molecule has 2 aliphatic heterocycles. The minimum Gasteiger partial charge on any atom is -0.444 e. The van der Waals surface area contributed by atoms with Crippen LogP contribution in [-0.2, 0) is 17.7 Å². The average molecular weight is 433 g/mol. The van der Waals surface area contributed by atoms with E-state index in [0.717, 1.165) is 61.1 Å². The monoisotopic (exact) mass is 432 g/mol. The van der Waals surface area contributed by atoms with Gasteiger partial charge in [-0.15, -0.1) is 0 Å². The predicted octanol–water partition coefficient (Wildman–Crippen LogP) is 5.26. The molecule has 1 saturated heterocycles. The summed E-state index contributed by atoms with van der Waals surface area (Å²) in [5.74, 6) is 0. The summed E-state index contributed by atoms with van der Waals surface area (Å²) in [4.78, 5) is 22.8. The number of ether oxygens (including phenoxy) is 1. The third-order valence-electron chi connectivity index (χ3n) is 6.56. The van der Waals surface area contributed by atoms with Crippen molar-refractivity contribution in [2.45, 2.75) is 65.1 Å². The van der Waals surface area contributed by atoms with Crippen molar-refractivity contribution in [3.8, 4) is 11.1 Å². The zero-order chi connectivity index (χ0) is 22.5. The van der Waals surface area contributed by atoms with Crippen molar-refractivity contribution in [1.82, 2.24) is 20.2 Å². The molecule has 32 heavy (non-hydrogen) atoms. The third kappa shape index (κ3) is 3.88. The summed E-state index contributed by atoms with van der Waals surface area (Å²) in [5.41, 5.74) is 7.87. The number of nitrogens with zero attached hydrogens (tertiary/aromatic N) is 2. The van der Waals surface area contributed by atoms with Gasteiger partial charge in [0.05, 0.1) is 6.04 Å². The fourth-order valence-corrected chi connectivity index (χ4v) is 5.04. The van der Waals surface area contributed by atoms with Crippen molar-refractivity contribution in [1.29, 1.82) is 0 Å². The molecule has 1 fully saturated rings. The molecule has 1 aromatic carbocycles. The number of hydrogen-bond donors (Lipinski definition) is 2. The van der Waals surface area contributed by atoms with E-state index in [1.807, 2.05) is 38.1 Å². The minimum atomic E-state index is -0.495. The Labute approximate surface area is 189 Å². The van der Waals surface area contributed by atoms with Crippen LogP contribution in [0.3, 0.4) is 0 Å².